The van der Waals surface area contributed by atoms with Crippen LogP contribution >= 0.6 is 0 Å². The van der Waals surface area contributed by atoms with Gasteiger partial charge in [0, 0.05) is 19.6 Å². The molecule has 0 spiro atoms. The van der Waals surface area contributed by atoms with Crippen LogP contribution in [0.25, 0.3) is 0 Å². The van der Waals surface area contributed by atoms with Crippen LogP contribution in [0.15, 0.2) is 0 Å². The molecule has 0 bridgehead atoms. The average Bonchev–Trinajstić information content (AvgIpc) is 2.15. The van der Waals surface area contributed by atoms with Gasteiger partial charge in [0.25, 0.3) is 0 Å². The van der Waals surface area contributed by atoms with Gasteiger partial charge in [0.2, 0.25) is 5.91 Å². The Morgan fingerprint density at radius 2 is 2.17 bits per heavy atom. The number of hydrogen-bond donors (Lipinski definition) is 0. The number of carbonyl (C=O) groups is 1. The zero-order valence-electron chi connectivity index (χ0n) is 8.05. The maximum absolute atomic E-state index is 11.5. The van der Waals surface area contributed by atoms with Crippen LogP contribution in [0.4, 0.5) is 0 Å². The third kappa shape index (κ3) is 2.48. The predicted molar refractivity (Wildman–Crippen MR) is 49.0 cm³/mol. The van der Waals surface area contributed by atoms with Crippen LogP contribution in [-0.2, 0) is 4.79 Å². The Bertz CT molecular complexity index is 159. The van der Waals surface area contributed by atoms with Crippen molar-refractivity contribution in [2.75, 3.05) is 33.2 Å². The maximum atomic E-state index is 11.5. The van der Waals surface area contributed by atoms with Gasteiger partial charge in [-0.1, -0.05) is 6.92 Å². The summed E-state index contributed by atoms with van der Waals surface area (Å²) in [7, 11) is 2.01. The van der Waals surface area contributed by atoms with E-state index in [1.54, 1.807) is 0 Å². The molecule has 3 heteroatoms. The first-order chi connectivity index (χ1) is 5.74. The minimum atomic E-state index is 0.289. The van der Waals surface area contributed by atoms with E-state index in [1.165, 1.54) is 0 Å². The highest BCUT2D eigenvalue weighted by Crippen LogP contribution is 2.02. The van der Waals surface area contributed by atoms with Crippen molar-refractivity contribution in [2.45, 2.75) is 19.8 Å². The molecule has 0 unspecified atom stereocenters. The van der Waals surface area contributed by atoms with E-state index < -0.39 is 0 Å². The summed E-state index contributed by atoms with van der Waals surface area (Å²) in [6, 6.07) is 0. The molecular weight excluding hydrogens is 152 g/mol. The van der Waals surface area contributed by atoms with Crippen LogP contribution in [-0.4, -0.2) is 48.9 Å². The lowest BCUT2D eigenvalue weighted by molar-refractivity contribution is -0.130. The predicted octanol–water partition coefficient (Wildman–Crippen LogP) is 0.560. The molecular formula is C9H18N2O. The summed E-state index contributed by atoms with van der Waals surface area (Å²) in [6.07, 6.45) is 2.18. The Morgan fingerprint density at radius 1 is 1.42 bits per heavy atom. The normalized spacial score (nSPS) is 21.2. The summed E-state index contributed by atoms with van der Waals surface area (Å²) in [5.74, 6) is 0.289. The minimum absolute atomic E-state index is 0.289. The molecule has 1 rings (SSSR count). The van der Waals surface area contributed by atoms with Gasteiger partial charge in [-0.15, -0.1) is 0 Å². The van der Waals surface area contributed by atoms with E-state index in [2.05, 4.69) is 11.8 Å². The second-order valence-electron chi connectivity index (χ2n) is 3.47. The zero-order valence-corrected chi connectivity index (χ0v) is 8.05. The molecule has 1 fully saturated rings. The lowest BCUT2D eigenvalue weighted by Gasteiger charge is -2.19. The number of likely N-dealkylation sites (N-methyl/N-ethyl adjacent to an activating group) is 1. The highest BCUT2D eigenvalue weighted by molar-refractivity contribution is 5.78. The molecule has 1 aliphatic rings. The van der Waals surface area contributed by atoms with E-state index in [-0.39, 0.29) is 5.91 Å². The fraction of sp³-hybridized carbons (Fsp3) is 0.889. The molecule has 0 aromatic rings. The molecule has 70 valence electrons. The van der Waals surface area contributed by atoms with Gasteiger partial charge < -0.3 is 4.90 Å². The fourth-order valence-corrected chi connectivity index (χ4v) is 1.57. The number of nitrogens with zero attached hydrogens (tertiary/aromatic N) is 2. The number of amides is 1. The number of carbonyl (C=O) groups excluding carboxylic acids is 1. The molecule has 3 nitrogen and oxygen atoms in total. The van der Waals surface area contributed by atoms with Gasteiger partial charge in [-0.25, -0.2) is 0 Å². The quantitative estimate of drug-likeness (QED) is 0.604. The van der Waals surface area contributed by atoms with E-state index in [0.29, 0.717) is 6.54 Å². The van der Waals surface area contributed by atoms with Crippen molar-refractivity contribution in [2.24, 2.45) is 0 Å². The standard InChI is InChI=1S/C9H18N2O/c1-3-5-11-7-4-6-10(2)8-9(11)12/h3-8H2,1-2H3. The maximum Gasteiger partial charge on any atom is 0.236 e. The Morgan fingerprint density at radius 3 is 2.83 bits per heavy atom. The van der Waals surface area contributed by atoms with Gasteiger partial charge >= 0.3 is 0 Å². The van der Waals surface area contributed by atoms with Crippen LogP contribution in [0.1, 0.15) is 19.8 Å². The van der Waals surface area contributed by atoms with Crippen LogP contribution in [0.3, 0.4) is 0 Å². The van der Waals surface area contributed by atoms with Gasteiger partial charge in [0.1, 0.15) is 0 Å². The highest BCUT2D eigenvalue weighted by atomic mass is 16.2. The van der Waals surface area contributed by atoms with Crippen LogP contribution in [0.2, 0.25) is 0 Å². The summed E-state index contributed by atoms with van der Waals surface area (Å²) in [4.78, 5) is 15.6. The molecule has 0 radical (unpaired) electrons. The van der Waals surface area contributed by atoms with Crippen LogP contribution in [0.5, 0.6) is 0 Å². The van der Waals surface area contributed by atoms with Crippen molar-refractivity contribution < 1.29 is 4.79 Å². The summed E-state index contributed by atoms with van der Waals surface area (Å²) in [5, 5.41) is 0. The molecule has 1 heterocycles. The monoisotopic (exact) mass is 170 g/mol. The molecule has 0 N–H and O–H groups in total. The van der Waals surface area contributed by atoms with E-state index >= 15 is 0 Å². The zero-order chi connectivity index (χ0) is 8.97. The second-order valence-corrected chi connectivity index (χ2v) is 3.47. The summed E-state index contributed by atoms with van der Waals surface area (Å²) in [5.41, 5.74) is 0. The first-order valence-electron chi connectivity index (χ1n) is 4.70. The molecule has 0 aromatic heterocycles. The van der Waals surface area contributed by atoms with Crippen molar-refractivity contribution in [1.82, 2.24) is 9.80 Å². The van der Waals surface area contributed by atoms with Gasteiger partial charge in [0.05, 0.1) is 6.54 Å². The Labute approximate surface area is 74.3 Å². The van der Waals surface area contributed by atoms with Gasteiger partial charge in [-0.3, -0.25) is 9.69 Å². The first kappa shape index (κ1) is 9.52. The van der Waals surface area contributed by atoms with Crippen molar-refractivity contribution in [3.05, 3.63) is 0 Å². The molecule has 1 saturated heterocycles. The Balaban J connectivity index is 2.46. The third-order valence-electron chi connectivity index (χ3n) is 2.22. The highest BCUT2D eigenvalue weighted by Gasteiger charge is 2.17. The summed E-state index contributed by atoms with van der Waals surface area (Å²) in [6.45, 7) is 5.62. The molecule has 0 saturated carbocycles. The van der Waals surface area contributed by atoms with Gasteiger partial charge in [-0.05, 0) is 19.9 Å². The van der Waals surface area contributed by atoms with Crippen molar-refractivity contribution in [3.63, 3.8) is 0 Å². The Hall–Kier alpha value is -0.570. The molecule has 1 aliphatic heterocycles. The number of rotatable bonds is 2. The smallest absolute Gasteiger partial charge is 0.236 e. The van der Waals surface area contributed by atoms with Crippen molar-refractivity contribution in [3.8, 4) is 0 Å². The fourth-order valence-electron chi connectivity index (χ4n) is 1.57. The molecule has 1 amide bonds. The summed E-state index contributed by atoms with van der Waals surface area (Å²) < 4.78 is 0. The lowest BCUT2D eigenvalue weighted by atomic mass is 10.3. The second kappa shape index (κ2) is 4.45. The third-order valence-corrected chi connectivity index (χ3v) is 2.22. The van der Waals surface area contributed by atoms with Gasteiger partial charge in [-0.2, -0.15) is 0 Å². The first-order valence-corrected chi connectivity index (χ1v) is 4.70. The number of hydrogen-bond acceptors (Lipinski definition) is 2. The lowest BCUT2D eigenvalue weighted by Crippen LogP contribution is -2.35. The van der Waals surface area contributed by atoms with Crippen molar-refractivity contribution in [1.29, 1.82) is 0 Å². The topological polar surface area (TPSA) is 23.6 Å². The molecule has 0 atom stereocenters. The van der Waals surface area contributed by atoms with Gasteiger partial charge in [0.15, 0.2) is 0 Å². The minimum Gasteiger partial charge on any atom is -0.342 e. The SMILES string of the molecule is CCCN1CCCN(C)CC1=O. The van der Waals surface area contributed by atoms with E-state index in [4.69, 9.17) is 0 Å². The molecule has 0 aromatic carbocycles. The largest absolute Gasteiger partial charge is 0.342 e. The molecule has 12 heavy (non-hydrogen) atoms. The van der Waals surface area contributed by atoms with Crippen molar-refractivity contribution >= 4 is 5.91 Å². The van der Waals surface area contributed by atoms with Crippen LogP contribution in [0, 0.1) is 0 Å². The van der Waals surface area contributed by atoms with E-state index in [0.717, 1.165) is 32.5 Å². The Kier molecular flexibility index (Phi) is 3.53. The summed E-state index contributed by atoms with van der Waals surface area (Å²) >= 11 is 0. The van der Waals surface area contributed by atoms with E-state index in [9.17, 15) is 4.79 Å². The molecule has 0 aliphatic carbocycles. The average molecular weight is 170 g/mol. The van der Waals surface area contributed by atoms with Crippen LogP contribution < -0.4 is 0 Å². The van der Waals surface area contributed by atoms with E-state index in [1.807, 2.05) is 11.9 Å².